The maximum absolute atomic E-state index is 6.24. The van der Waals surface area contributed by atoms with Gasteiger partial charge in [0, 0.05) is 44.1 Å². The number of thiophene rings is 1. The lowest BCUT2D eigenvalue weighted by atomic mass is 9.96. The Morgan fingerprint density at radius 3 is 2.37 bits per heavy atom. The topological polar surface area (TPSA) is 54.0 Å². The van der Waals surface area contributed by atoms with E-state index in [1.807, 2.05) is 11.3 Å². The smallest absolute Gasteiger partial charge is 0.224 e. The third-order valence-electron chi connectivity index (χ3n) is 6.39. The van der Waals surface area contributed by atoms with Crippen LogP contribution < -0.4 is 4.90 Å². The normalized spacial score (nSPS) is 22.8. The van der Waals surface area contributed by atoms with E-state index >= 15 is 0 Å². The number of aromatic nitrogens is 2. The van der Waals surface area contributed by atoms with Gasteiger partial charge in [0.2, 0.25) is 5.28 Å². The first-order valence-corrected chi connectivity index (χ1v) is 12.2. The molecule has 0 radical (unpaired) electrons. The molecule has 0 atom stereocenters. The first-order valence-electron chi connectivity index (χ1n) is 11.1. The van der Waals surface area contributed by atoms with Crippen molar-refractivity contribution in [2.24, 2.45) is 5.92 Å². The highest BCUT2D eigenvalue weighted by Gasteiger charge is 2.24. The van der Waals surface area contributed by atoms with Gasteiger partial charge in [0.25, 0.3) is 0 Å². The number of hydrogen-bond acceptors (Lipinski definition) is 8. The van der Waals surface area contributed by atoms with Gasteiger partial charge >= 0.3 is 0 Å². The van der Waals surface area contributed by atoms with Crippen molar-refractivity contribution in [2.75, 3.05) is 77.1 Å². The average molecular weight is 452 g/mol. The van der Waals surface area contributed by atoms with Crippen molar-refractivity contribution in [1.82, 2.24) is 19.8 Å². The summed E-state index contributed by atoms with van der Waals surface area (Å²) in [5, 5.41) is 0.331. The second-order valence-corrected chi connectivity index (χ2v) is 9.95. The zero-order chi connectivity index (χ0) is 20.3. The van der Waals surface area contributed by atoms with Crippen molar-refractivity contribution in [3.05, 3.63) is 16.2 Å². The molecule has 0 unspecified atom stereocenters. The van der Waals surface area contributed by atoms with Crippen LogP contribution in [0.15, 0.2) is 6.07 Å². The minimum absolute atomic E-state index is 0.331. The van der Waals surface area contributed by atoms with Gasteiger partial charge in [-0.3, -0.25) is 9.80 Å². The van der Waals surface area contributed by atoms with Gasteiger partial charge in [-0.15, -0.1) is 11.3 Å². The van der Waals surface area contributed by atoms with E-state index < -0.39 is 0 Å². The molecule has 0 N–H and O–H groups in total. The molecule has 3 aliphatic heterocycles. The minimum atomic E-state index is 0.331. The lowest BCUT2D eigenvalue weighted by Crippen LogP contribution is -2.42. The molecule has 30 heavy (non-hydrogen) atoms. The van der Waals surface area contributed by atoms with Crippen LogP contribution in [0, 0.1) is 5.92 Å². The molecule has 2 aromatic heterocycles. The standard InChI is InChI=1S/C21H30ClN5O2S/c22-21-23-18-13-17(30-19(18)20(24-21)27-7-11-29-12-8-27)15-25-3-1-16(2-4-25)14-26-5-9-28-10-6-26/h13,16H,1-12,14-15H2. The van der Waals surface area contributed by atoms with Crippen LogP contribution >= 0.6 is 22.9 Å². The Labute approximate surface area is 186 Å². The molecule has 5 heterocycles. The number of hydrogen-bond donors (Lipinski definition) is 0. The Morgan fingerprint density at radius 2 is 1.63 bits per heavy atom. The van der Waals surface area contributed by atoms with Crippen LogP contribution in [-0.2, 0) is 16.0 Å². The summed E-state index contributed by atoms with van der Waals surface area (Å²) >= 11 is 8.06. The predicted molar refractivity (Wildman–Crippen MR) is 121 cm³/mol. The summed E-state index contributed by atoms with van der Waals surface area (Å²) in [5.74, 6) is 1.79. The quantitative estimate of drug-likeness (QED) is 0.648. The lowest BCUT2D eigenvalue weighted by Gasteiger charge is -2.35. The second-order valence-electron chi connectivity index (χ2n) is 8.48. The molecule has 3 fully saturated rings. The van der Waals surface area contributed by atoms with Crippen molar-refractivity contribution < 1.29 is 9.47 Å². The van der Waals surface area contributed by atoms with E-state index in [1.54, 1.807) is 0 Å². The Kier molecular flexibility index (Phi) is 6.69. The largest absolute Gasteiger partial charge is 0.379 e. The highest BCUT2D eigenvalue weighted by molar-refractivity contribution is 7.19. The van der Waals surface area contributed by atoms with Gasteiger partial charge in [-0.05, 0) is 49.5 Å². The van der Waals surface area contributed by atoms with Crippen molar-refractivity contribution in [1.29, 1.82) is 0 Å². The fourth-order valence-corrected chi connectivity index (χ4v) is 6.03. The Bertz CT molecular complexity index is 845. The van der Waals surface area contributed by atoms with Gasteiger partial charge in [0.15, 0.2) is 5.82 Å². The molecule has 7 nitrogen and oxygen atoms in total. The monoisotopic (exact) mass is 451 g/mol. The van der Waals surface area contributed by atoms with Crippen molar-refractivity contribution >= 4 is 39.0 Å². The van der Waals surface area contributed by atoms with Gasteiger partial charge in [0.1, 0.15) is 0 Å². The SMILES string of the molecule is Clc1nc(N2CCOCC2)c2sc(CN3CCC(CN4CCOCC4)CC3)cc2n1. The maximum Gasteiger partial charge on any atom is 0.224 e. The third kappa shape index (κ3) is 4.89. The number of ether oxygens (including phenoxy) is 2. The molecule has 5 rings (SSSR count). The van der Waals surface area contributed by atoms with E-state index in [9.17, 15) is 0 Å². The molecule has 3 aliphatic rings. The molecule has 164 valence electrons. The highest BCUT2D eigenvalue weighted by Crippen LogP contribution is 2.34. The van der Waals surface area contributed by atoms with E-state index in [4.69, 9.17) is 21.1 Å². The molecule has 0 aliphatic carbocycles. The predicted octanol–water partition coefficient (Wildman–Crippen LogP) is 2.73. The third-order valence-corrected chi connectivity index (χ3v) is 7.67. The summed E-state index contributed by atoms with van der Waals surface area (Å²) in [4.78, 5) is 17.8. The number of morpholine rings is 2. The molecule has 2 aromatic rings. The zero-order valence-corrected chi connectivity index (χ0v) is 19.0. The summed E-state index contributed by atoms with van der Waals surface area (Å²) < 4.78 is 12.1. The lowest BCUT2D eigenvalue weighted by molar-refractivity contribution is 0.0242. The molecule has 0 aromatic carbocycles. The van der Waals surface area contributed by atoms with Crippen molar-refractivity contribution in [2.45, 2.75) is 19.4 Å². The Balaban J connectivity index is 1.22. The molecule has 0 amide bonds. The number of nitrogens with zero attached hydrogens (tertiary/aromatic N) is 5. The van der Waals surface area contributed by atoms with E-state index in [-0.39, 0.29) is 0 Å². The van der Waals surface area contributed by atoms with Crippen LogP contribution in [0.4, 0.5) is 5.82 Å². The fraction of sp³-hybridized carbons (Fsp3) is 0.714. The Hall–Kier alpha value is -1.03. The summed E-state index contributed by atoms with van der Waals surface area (Å²) in [6.45, 7) is 11.7. The maximum atomic E-state index is 6.24. The molecule has 3 saturated heterocycles. The van der Waals surface area contributed by atoms with E-state index in [1.165, 1.54) is 37.4 Å². The fourth-order valence-electron chi connectivity index (χ4n) is 4.70. The van der Waals surface area contributed by atoms with Crippen LogP contribution in [-0.4, -0.2) is 92.0 Å². The van der Waals surface area contributed by atoms with Crippen LogP contribution in [0.2, 0.25) is 5.28 Å². The summed E-state index contributed by atoms with van der Waals surface area (Å²) in [5.41, 5.74) is 0.971. The summed E-state index contributed by atoms with van der Waals surface area (Å²) in [7, 11) is 0. The van der Waals surface area contributed by atoms with Gasteiger partial charge in [0.05, 0.1) is 36.6 Å². The Morgan fingerprint density at radius 1 is 0.933 bits per heavy atom. The van der Waals surface area contributed by atoms with E-state index in [2.05, 4.69) is 30.7 Å². The van der Waals surface area contributed by atoms with E-state index in [0.717, 1.165) is 81.1 Å². The minimum Gasteiger partial charge on any atom is -0.379 e. The van der Waals surface area contributed by atoms with Crippen molar-refractivity contribution in [3.8, 4) is 0 Å². The number of likely N-dealkylation sites (tertiary alicyclic amines) is 1. The van der Waals surface area contributed by atoms with Crippen LogP contribution in [0.3, 0.4) is 0 Å². The number of halogens is 1. The molecule has 9 heteroatoms. The first-order chi connectivity index (χ1) is 14.7. The van der Waals surface area contributed by atoms with Crippen LogP contribution in [0.1, 0.15) is 17.7 Å². The van der Waals surface area contributed by atoms with Crippen molar-refractivity contribution in [3.63, 3.8) is 0 Å². The van der Waals surface area contributed by atoms with Gasteiger partial charge < -0.3 is 14.4 Å². The van der Waals surface area contributed by atoms with Crippen LogP contribution in [0.25, 0.3) is 10.2 Å². The van der Waals surface area contributed by atoms with E-state index in [0.29, 0.717) is 5.28 Å². The molecule has 0 bridgehead atoms. The number of anilines is 1. The van der Waals surface area contributed by atoms with Gasteiger partial charge in [-0.2, -0.15) is 4.98 Å². The van der Waals surface area contributed by atoms with Gasteiger partial charge in [-0.25, -0.2) is 4.98 Å². The number of rotatable bonds is 5. The second kappa shape index (κ2) is 9.63. The molecular weight excluding hydrogens is 422 g/mol. The summed E-state index contributed by atoms with van der Waals surface area (Å²) in [6.07, 6.45) is 2.57. The average Bonchev–Trinajstić information content (AvgIpc) is 3.18. The molecular formula is C21H30ClN5O2S. The number of piperidine rings is 1. The molecule has 0 spiro atoms. The van der Waals surface area contributed by atoms with Crippen LogP contribution in [0.5, 0.6) is 0 Å². The zero-order valence-electron chi connectivity index (χ0n) is 17.4. The van der Waals surface area contributed by atoms with Gasteiger partial charge in [-0.1, -0.05) is 0 Å². The first kappa shape index (κ1) is 20.8. The number of fused-ring (bicyclic) bond motifs is 1. The molecule has 0 saturated carbocycles. The highest BCUT2D eigenvalue weighted by atomic mass is 35.5. The summed E-state index contributed by atoms with van der Waals surface area (Å²) in [6, 6.07) is 2.21.